The Morgan fingerprint density at radius 3 is 2.67 bits per heavy atom. The maximum absolute atomic E-state index is 6.02. The van der Waals surface area contributed by atoms with Crippen molar-refractivity contribution < 1.29 is 0 Å². The minimum absolute atomic E-state index is 0.141. The second kappa shape index (κ2) is 2.56. The summed E-state index contributed by atoms with van der Waals surface area (Å²) < 4.78 is 0. The highest BCUT2D eigenvalue weighted by molar-refractivity contribution is 7.16. The zero-order valence-electron chi connectivity index (χ0n) is 6.06. The van der Waals surface area contributed by atoms with Gasteiger partial charge in [0.15, 0.2) is 0 Å². The highest BCUT2D eigenvalue weighted by Gasteiger charge is 2.33. The lowest BCUT2D eigenvalue weighted by Crippen LogP contribution is -2.40. The van der Waals surface area contributed by atoms with Gasteiger partial charge in [0.1, 0.15) is 0 Å². The molecule has 1 rings (SSSR count). The van der Waals surface area contributed by atoms with Gasteiger partial charge in [0, 0.05) is 5.54 Å². The van der Waals surface area contributed by atoms with Gasteiger partial charge in [0.05, 0.1) is 0 Å². The van der Waals surface area contributed by atoms with Gasteiger partial charge in [-0.3, -0.25) is 0 Å². The molecule has 1 saturated carbocycles. The van der Waals surface area contributed by atoms with Crippen molar-refractivity contribution >= 4 is 9.24 Å². The monoisotopic (exact) mass is 145 g/mol. The van der Waals surface area contributed by atoms with E-state index in [-0.39, 0.29) is 5.54 Å². The molecule has 0 aromatic rings. The van der Waals surface area contributed by atoms with Crippen molar-refractivity contribution in [3.8, 4) is 0 Å². The number of hydrogen-bond donors (Lipinski definition) is 1. The molecule has 0 amide bonds. The van der Waals surface area contributed by atoms with Gasteiger partial charge in [-0.25, -0.2) is 0 Å². The van der Waals surface area contributed by atoms with Crippen LogP contribution in [-0.2, 0) is 0 Å². The summed E-state index contributed by atoms with van der Waals surface area (Å²) in [6.45, 7) is 2.18. The maximum atomic E-state index is 6.02. The van der Waals surface area contributed by atoms with Gasteiger partial charge in [-0.1, -0.05) is 6.42 Å². The fourth-order valence-corrected chi connectivity index (χ4v) is 2.42. The van der Waals surface area contributed by atoms with Crippen molar-refractivity contribution in [2.45, 2.75) is 31.7 Å². The van der Waals surface area contributed by atoms with E-state index in [4.69, 9.17) is 5.73 Å². The van der Waals surface area contributed by atoms with Crippen LogP contribution in [0.25, 0.3) is 0 Å². The molecule has 0 aromatic heterocycles. The normalized spacial score (nSPS) is 43.7. The molecule has 2 unspecified atom stereocenters. The van der Waals surface area contributed by atoms with Gasteiger partial charge in [-0.2, -0.15) is 0 Å². The van der Waals surface area contributed by atoms with E-state index in [0.717, 1.165) is 5.92 Å². The highest BCUT2D eigenvalue weighted by Crippen LogP contribution is 2.34. The summed E-state index contributed by atoms with van der Waals surface area (Å²) >= 11 is 0. The summed E-state index contributed by atoms with van der Waals surface area (Å²) in [5.74, 6) is 0.752. The van der Waals surface area contributed by atoms with Crippen LogP contribution in [0.2, 0.25) is 0 Å². The summed E-state index contributed by atoms with van der Waals surface area (Å²) in [5, 5.41) is 0. The maximum Gasteiger partial charge on any atom is 0.0157 e. The van der Waals surface area contributed by atoms with Crippen LogP contribution in [0.4, 0.5) is 0 Å². The van der Waals surface area contributed by atoms with E-state index in [0.29, 0.717) is 0 Å². The number of rotatable bonds is 1. The standard InChI is InChI=1S/C7H16NP/c1-7(8)4-2-3-6(7)5-9/h6H,2-5,8-9H2,1H3/t6?,7-/m1/s1. The first kappa shape index (κ1) is 7.50. The predicted molar refractivity (Wildman–Crippen MR) is 44.5 cm³/mol. The molecule has 1 aliphatic rings. The van der Waals surface area contributed by atoms with Crippen LogP contribution in [0, 0.1) is 5.92 Å². The molecular weight excluding hydrogens is 129 g/mol. The first-order chi connectivity index (χ1) is 4.17. The van der Waals surface area contributed by atoms with E-state index in [1.54, 1.807) is 0 Å². The molecule has 1 fully saturated rings. The van der Waals surface area contributed by atoms with Crippen molar-refractivity contribution in [1.82, 2.24) is 0 Å². The summed E-state index contributed by atoms with van der Waals surface area (Å²) in [6.07, 6.45) is 5.04. The lowest BCUT2D eigenvalue weighted by atomic mass is 9.92. The first-order valence-corrected chi connectivity index (χ1v) is 4.47. The Bertz CT molecular complexity index is 101. The van der Waals surface area contributed by atoms with Crippen LogP contribution in [0.15, 0.2) is 0 Å². The van der Waals surface area contributed by atoms with Crippen LogP contribution < -0.4 is 5.73 Å². The zero-order chi connectivity index (χ0) is 6.91. The Morgan fingerprint density at radius 1 is 1.78 bits per heavy atom. The van der Waals surface area contributed by atoms with Crippen LogP contribution in [0.5, 0.6) is 0 Å². The summed E-state index contributed by atoms with van der Waals surface area (Å²) in [5.41, 5.74) is 6.16. The van der Waals surface area contributed by atoms with E-state index in [2.05, 4.69) is 16.2 Å². The Morgan fingerprint density at radius 2 is 2.44 bits per heavy atom. The SMILES string of the molecule is C[C@@]1(N)CCCC1CP. The second-order valence-electron chi connectivity index (χ2n) is 3.33. The molecule has 3 atom stereocenters. The van der Waals surface area contributed by atoms with E-state index < -0.39 is 0 Å². The average Bonchev–Trinajstić information content (AvgIpc) is 2.08. The largest absolute Gasteiger partial charge is 0.325 e. The van der Waals surface area contributed by atoms with E-state index >= 15 is 0 Å². The molecule has 2 heteroatoms. The molecule has 9 heavy (non-hydrogen) atoms. The third kappa shape index (κ3) is 1.45. The van der Waals surface area contributed by atoms with Crippen molar-refractivity contribution in [2.75, 3.05) is 6.16 Å². The predicted octanol–water partition coefficient (Wildman–Crippen LogP) is 1.38. The molecule has 1 aliphatic carbocycles. The van der Waals surface area contributed by atoms with E-state index in [9.17, 15) is 0 Å². The minimum atomic E-state index is 0.141. The molecule has 54 valence electrons. The molecule has 2 N–H and O–H groups in total. The van der Waals surface area contributed by atoms with Gasteiger partial charge in [-0.15, -0.1) is 9.24 Å². The molecule has 0 radical (unpaired) electrons. The van der Waals surface area contributed by atoms with Gasteiger partial charge < -0.3 is 5.73 Å². The summed E-state index contributed by atoms with van der Waals surface area (Å²) in [6, 6.07) is 0. The lowest BCUT2D eigenvalue weighted by molar-refractivity contribution is 0.378. The van der Waals surface area contributed by atoms with Crippen LogP contribution in [-0.4, -0.2) is 11.7 Å². The molecule has 0 bridgehead atoms. The Kier molecular flexibility index (Phi) is 2.13. The molecule has 1 nitrogen and oxygen atoms in total. The van der Waals surface area contributed by atoms with Gasteiger partial charge in [0.2, 0.25) is 0 Å². The molecule has 0 spiro atoms. The van der Waals surface area contributed by atoms with Crippen molar-refractivity contribution in [2.24, 2.45) is 11.7 Å². The van der Waals surface area contributed by atoms with Crippen LogP contribution >= 0.6 is 9.24 Å². The van der Waals surface area contributed by atoms with E-state index in [1.165, 1.54) is 25.4 Å². The second-order valence-corrected chi connectivity index (χ2v) is 3.80. The zero-order valence-corrected chi connectivity index (χ0v) is 7.22. The van der Waals surface area contributed by atoms with Gasteiger partial charge in [0.25, 0.3) is 0 Å². The molecule has 0 aliphatic heterocycles. The van der Waals surface area contributed by atoms with Gasteiger partial charge >= 0.3 is 0 Å². The first-order valence-electron chi connectivity index (χ1n) is 3.66. The topological polar surface area (TPSA) is 26.0 Å². The Balaban J connectivity index is 2.52. The summed E-state index contributed by atoms with van der Waals surface area (Å²) in [7, 11) is 2.79. The van der Waals surface area contributed by atoms with Crippen molar-refractivity contribution in [1.29, 1.82) is 0 Å². The quantitative estimate of drug-likeness (QED) is 0.554. The molecule has 0 saturated heterocycles. The number of nitrogens with two attached hydrogens (primary N) is 1. The smallest absolute Gasteiger partial charge is 0.0157 e. The Labute approximate surface area is 59.6 Å². The third-order valence-corrected chi connectivity index (χ3v) is 3.05. The van der Waals surface area contributed by atoms with E-state index in [1.807, 2.05) is 0 Å². The third-order valence-electron chi connectivity index (χ3n) is 2.49. The fraction of sp³-hybridized carbons (Fsp3) is 1.00. The van der Waals surface area contributed by atoms with Gasteiger partial charge in [-0.05, 0) is 31.8 Å². The summed E-state index contributed by atoms with van der Waals surface area (Å²) in [4.78, 5) is 0. The Hall–Kier alpha value is 0.390. The molecular formula is C7H16NP. The molecule has 0 aromatic carbocycles. The number of hydrogen-bond acceptors (Lipinski definition) is 1. The van der Waals surface area contributed by atoms with Crippen LogP contribution in [0.3, 0.4) is 0 Å². The van der Waals surface area contributed by atoms with Crippen molar-refractivity contribution in [3.63, 3.8) is 0 Å². The fourth-order valence-electron chi connectivity index (χ4n) is 1.65. The lowest BCUT2D eigenvalue weighted by Gasteiger charge is -2.25. The molecule has 0 heterocycles. The minimum Gasteiger partial charge on any atom is -0.325 e. The van der Waals surface area contributed by atoms with Crippen molar-refractivity contribution in [3.05, 3.63) is 0 Å². The average molecular weight is 145 g/mol. The van der Waals surface area contributed by atoms with Crippen LogP contribution in [0.1, 0.15) is 26.2 Å². The highest BCUT2D eigenvalue weighted by atomic mass is 31.0.